The average molecular weight is 161 g/mol. The van der Waals surface area contributed by atoms with Crippen molar-refractivity contribution < 1.29 is 10.2 Å². The minimum Gasteiger partial charge on any atom is -0.396 e. The van der Waals surface area contributed by atoms with E-state index in [1.54, 1.807) is 0 Å². The Labute approximate surface area is 68.6 Å². The fraction of sp³-hybridized carbons (Fsp3) is 1.00. The molecule has 1 atom stereocenters. The van der Waals surface area contributed by atoms with E-state index in [1.165, 1.54) is 0 Å². The molecule has 0 fully saturated rings. The van der Waals surface area contributed by atoms with Crippen LogP contribution < -0.4 is 0 Å². The smallest absolute Gasteiger partial charge is 0.0616 e. The molecule has 0 aromatic heterocycles. The summed E-state index contributed by atoms with van der Waals surface area (Å²) in [4.78, 5) is 1.98. The first kappa shape index (κ1) is 10.9. The van der Waals surface area contributed by atoms with Crippen molar-refractivity contribution in [3.05, 3.63) is 0 Å². The van der Waals surface area contributed by atoms with E-state index in [0.29, 0.717) is 6.42 Å². The third-order valence-corrected chi connectivity index (χ3v) is 2.48. The second-order valence-electron chi connectivity index (χ2n) is 3.10. The minimum atomic E-state index is -0.227. The van der Waals surface area contributed by atoms with Crippen molar-refractivity contribution in [2.24, 2.45) is 0 Å². The van der Waals surface area contributed by atoms with Crippen LogP contribution in [0.25, 0.3) is 0 Å². The molecule has 0 amide bonds. The molecular weight excluding hydrogens is 142 g/mol. The van der Waals surface area contributed by atoms with E-state index in [9.17, 15) is 0 Å². The van der Waals surface area contributed by atoms with Gasteiger partial charge >= 0.3 is 0 Å². The van der Waals surface area contributed by atoms with Gasteiger partial charge in [-0.3, -0.25) is 0 Å². The summed E-state index contributed by atoms with van der Waals surface area (Å²) in [6.07, 6.45) is 1.49. The Kier molecular flexibility index (Phi) is 4.65. The number of nitrogens with zero attached hydrogens (tertiary/aromatic N) is 1. The van der Waals surface area contributed by atoms with Crippen molar-refractivity contribution >= 4 is 0 Å². The van der Waals surface area contributed by atoms with Gasteiger partial charge in [-0.1, -0.05) is 6.92 Å². The summed E-state index contributed by atoms with van der Waals surface area (Å²) in [5.74, 6) is 0. The summed E-state index contributed by atoms with van der Waals surface area (Å²) in [5.41, 5.74) is -0.227. The Balaban J connectivity index is 4.20. The second-order valence-corrected chi connectivity index (χ2v) is 3.10. The lowest BCUT2D eigenvalue weighted by atomic mass is 9.92. The first-order chi connectivity index (χ1) is 5.13. The highest BCUT2D eigenvalue weighted by molar-refractivity contribution is 4.85. The lowest BCUT2D eigenvalue weighted by Crippen LogP contribution is -2.47. The average Bonchev–Trinajstić information content (AvgIpc) is 2.00. The van der Waals surface area contributed by atoms with E-state index in [1.807, 2.05) is 25.9 Å². The van der Waals surface area contributed by atoms with Gasteiger partial charge < -0.3 is 15.1 Å². The van der Waals surface area contributed by atoms with Crippen LogP contribution in [-0.4, -0.2) is 48.0 Å². The molecule has 0 heterocycles. The zero-order valence-corrected chi connectivity index (χ0v) is 7.67. The molecule has 0 aliphatic rings. The number of aliphatic hydroxyl groups is 2. The molecule has 3 heteroatoms. The van der Waals surface area contributed by atoms with Crippen LogP contribution in [0.3, 0.4) is 0 Å². The maximum Gasteiger partial charge on any atom is 0.0616 e. The zero-order chi connectivity index (χ0) is 8.91. The van der Waals surface area contributed by atoms with Crippen molar-refractivity contribution in [3.8, 4) is 0 Å². The lowest BCUT2D eigenvalue weighted by molar-refractivity contribution is 0.0413. The number of likely N-dealkylation sites (N-methyl/N-ethyl adjacent to an activating group) is 1. The normalized spacial score (nSPS) is 16.9. The van der Waals surface area contributed by atoms with Gasteiger partial charge in [-0.25, -0.2) is 0 Å². The molecule has 0 aliphatic heterocycles. The molecule has 1 unspecified atom stereocenters. The summed E-state index contributed by atoms with van der Waals surface area (Å²) in [5, 5.41) is 17.9. The Hall–Kier alpha value is -0.120. The third kappa shape index (κ3) is 2.43. The van der Waals surface area contributed by atoms with Crippen molar-refractivity contribution in [2.45, 2.75) is 25.3 Å². The first-order valence-corrected chi connectivity index (χ1v) is 4.02. The van der Waals surface area contributed by atoms with E-state index in [0.717, 1.165) is 6.42 Å². The van der Waals surface area contributed by atoms with Gasteiger partial charge in [0.1, 0.15) is 0 Å². The summed E-state index contributed by atoms with van der Waals surface area (Å²) in [7, 11) is 3.85. The van der Waals surface area contributed by atoms with Crippen LogP contribution in [0.5, 0.6) is 0 Å². The molecule has 0 spiro atoms. The summed E-state index contributed by atoms with van der Waals surface area (Å²) in [6, 6.07) is 0. The van der Waals surface area contributed by atoms with Crippen molar-refractivity contribution in [3.63, 3.8) is 0 Å². The summed E-state index contributed by atoms with van der Waals surface area (Å²) < 4.78 is 0. The largest absolute Gasteiger partial charge is 0.396 e. The van der Waals surface area contributed by atoms with Crippen LogP contribution in [-0.2, 0) is 0 Å². The highest BCUT2D eigenvalue weighted by Gasteiger charge is 2.28. The van der Waals surface area contributed by atoms with Crippen LogP contribution in [0.4, 0.5) is 0 Å². The van der Waals surface area contributed by atoms with Gasteiger partial charge in [0, 0.05) is 12.1 Å². The molecule has 68 valence electrons. The van der Waals surface area contributed by atoms with Gasteiger partial charge in [0.2, 0.25) is 0 Å². The van der Waals surface area contributed by atoms with Gasteiger partial charge in [0.05, 0.1) is 6.61 Å². The quantitative estimate of drug-likeness (QED) is 0.600. The van der Waals surface area contributed by atoms with E-state index in [4.69, 9.17) is 10.2 Å². The Morgan fingerprint density at radius 1 is 1.27 bits per heavy atom. The van der Waals surface area contributed by atoms with Crippen LogP contribution >= 0.6 is 0 Å². The predicted molar refractivity (Wildman–Crippen MR) is 45.5 cm³/mol. The third-order valence-electron chi connectivity index (χ3n) is 2.48. The van der Waals surface area contributed by atoms with Crippen molar-refractivity contribution in [1.29, 1.82) is 0 Å². The van der Waals surface area contributed by atoms with Gasteiger partial charge in [0.15, 0.2) is 0 Å². The number of hydrogen-bond acceptors (Lipinski definition) is 3. The van der Waals surface area contributed by atoms with Crippen LogP contribution in [0.2, 0.25) is 0 Å². The fourth-order valence-corrected chi connectivity index (χ4v) is 1.26. The first-order valence-electron chi connectivity index (χ1n) is 4.02. The zero-order valence-electron chi connectivity index (χ0n) is 7.67. The highest BCUT2D eigenvalue weighted by atomic mass is 16.3. The molecule has 3 nitrogen and oxygen atoms in total. The number of rotatable bonds is 5. The molecule has 0 bridgehead atoms. The molecule has 0 saturated heterocycles. The van der Waals surface area contributed by atoms with Gasteiger partial charge in [0.25, 0.3) is 0 Å². The Morgan fingerprint density at radius 2 is 1.82 bits per heavy atom. The van der Waals surface area contributed by atoms with E-state index < -0.39 is 0 Å². The summed E-state index contributed by atoms with van der Waals surface area (Å²) in [6.45, 7) is 2.26. The van der Waals surface area contributed by atoms with Crippen molar-refractivity contribution in [1.82, 2.24) is 4.90 Å². The van der Waals surface area contributed by atoms with E-state index in [2.05, 4.69) is 0 Å². The van der Waals surface area contributed by atoms with Gasteiger partial charge in [-0.15, -0.1) is 0 Å². The molecule has 0 saturated carbocycles. The Bertz CT molecular complexity index is 100. The molecular formula is C8H19NO2. The van der Waals surface area contributed by atoms with E-state index in [-0.39, 0.29) is 18.8 Å². The highest BCUT2D eigenvalue weighted by Crippen LogP contribution is 2.19. The second kappa shape index (κ2) is 4.70. The molecule has 0 aliphatic carbocycles. The van der Waals surface area contributed by atoms with Crippen LogP contribution in [0.15, 0.2) is 0 Å². The Morgan fingerprint density at radius 3 is 1.91 bits per heavy atom. The standard InChI is InChI=1S/C8H19NO2/c1-4-8(7-11,5-6-10)9(2)3/h10-11H,4-7H2,1-3H3. The molecule has 11 heavy (non-hydrogen) atoms. The minimum absolute atomic E-state index is 0.108. The molecule has 0 aromatic rings. The van der Waals surface area contributed by atoms with Crippen LogP contribution in [0.1, 0.15) is 19.8 Å². The SMILES string of the molecule is CCC(CO)(CCO)N(C)C. The van der Waals surface area contributed by atoms with Crippen LogP contribution in [0, 0.1) is 0 Å². The lowest BCUT2D eigenvalue weighted by Gasteiger charge is -2.37. The number of hydrogen-bond donors (Lipinski definition) is 2. The van der Waals surface area contributed by atoms with Gasteiger partial charge in [-0.2, -0.15) is 0 Å². The maximum absolute atomic E-state index is 9.13. The number of aliphatic hydroxyl groups excluding tert-OH is 2. The molecule has 0 rings (SSSR count). The molecule has 0 aromatic carbocycles. The predicted octanol–water partition coefficient (Wildman–Crippen LogP) is 0.0715. The molecule has 0 radical (unpaired) electrons. The fourth-order valence-electron chi connectivity index (χ4n) is 1.26. The summed E-state index contributed by atoms with van der Waals surface area (Å²) >= 11 is 0. The topological polar surface area (TPSA) is 43.7 Å². The molecule has 2 N–H and O–H groups in total. The van der Waals surface area contributed by atoms with Gasteiger partial charge in [-0.05, 0) is 26.9 Å². The maximum atomic E-state index is 9.13. The monoisotopic (exact) mass is 161 g/mol. The van der Waals surface area contributed by atoms with E-state index >= 15 is 0 Å². The van der Waals surface area contributed by atoms with Crippen molar-refractivity contribution in [2.75, 3.05) is 27.3 Å².